The van der Waals surface area contributed by atoms with Crippen LogP contribution in [0, 0.1) is 6.92 Å². The normalized spacial score (nSPS) is 10.4. The highest BCUT2D eigenvalue weighted by atomic mass is 35.5. The molecule has 0 atom stereocenters. The van der Waals surface area contributed by atoms with E-state index >= 15 is 0 Å². The molecule has 0 aliphatic heterocycles. The van der Waals surface area contributed by atoms with Crippen LogP contribution in [0.25, 0.3) is 0 Å². The topological polar surface area (TPSA) is 3.24 Å². The van der Waals surface area contributed by atoms with Gasteiger partial charge in [0.15, 0.2) is 0 Å². The van der Waals surface area contributed by atoms with E-state index in [9.17, 15) is 0 Å². The molecule has 0 aliphatic carbocycles. The first-order chi connectivity index (χ1) is 8.74. The van der Waals surface area contributed by atoms with E-state index in [1.807, 2.05) is 0 Å². The van der Waals surface area contributed by atoms with Crippen LogP contribution < -0.4 is 4.90 Å². The highest BCUT2D eigenvalue weighted by Crippen LogP contribution is 2.25. The molecule has 1 nitrogen and oxygen atoms in total. The number of anilines is 2. The Hall–Kier alpha value is -1.47. The molecule has 0 fully saturated rings. The number of nitrogens with zero attached hydrogens (tertiary/aromatic N) is 1. The van der Waals surface area contributed by atoms with Crippen molar-refractivity contribution in [3.05, 3.63) is 59.7 Å². The van der Waals surface area contributed by atoms with Crippen LogP contribution in [-0.4, -0.2) is 6.54 Å². The quantitative estimate of drug-likeness (QED) is 0.707. The maximum Gasteiger partial charge on any atom is 0.0474 e. The highest BCUT2D eigenvalue weighted by molar-refractivity contribution is 6.17. The molecule has 0 radical (unpaired) electrons. The van der Waals surface area contributed by atoms with Crippen LogP contribution in [0.2, 0.25) is 0 Å². The summed E-state index contributed by atoms with van der Waals surface area (Å²) in [5.74, 6) is 0.566. The zero-order valence-electron chi connectivity index (χ0n) is 10.9. The lowest BCUT2D eigenvalue weighted by atomic mass is 10.1. The van der Waals surface area contributed by atoms with E-state index in [1.165, 1.54) is 16.9 Å². The first-order valence-corrected chi connectivity index (χ1v) is 6.77. The van der Waals surface area contributed by atoms with Crippen LogP contribution in [0.1, 0.15) is 18.1 Å². The lowest BCUT2D eigenvalue weighted by Crippen LogP contribution is -2.15. The second kappa shape index (κ2) is 5.92. The van der Waals surface area contributed by atoms with Gasteiger partial charge in [-0.2, -0.15) is 0 Å². The van der Waals surface area contributed by atoms with Crippen molar-refractivity contribution in [1.29, 1.82) is 0 Å². The Balaban J connectivity index is 2.29. The molecule has 2 aromatic rings. The predicted octanol–water partition coefficient (Wildman–Crippen LogP) is 4.89. The number of benzene rings is 2. The van der Waals surface area contributed by atoms with Crippen molar-refractivity contribution in [3.8, 4) is 0 Å². The van der Waals surface area contributed by atoms with Crippen molar-refractivity contribution in [3.63, 3.8) is 0 Å². The maximum atomic E-state index is 5.81. The van der Waals surface area contributed by atoms with Gasteiger partial charge < -0.3 is 4.90 Å². The van der Waals surface area contributed by atoms with Gasteiger partial charge in [0.05, 0.1) is 0 Å². The Morgan fingerprint density at radius 2 is 1.39 bits per heavy atom. The van der Waals surface area contributed by atoms with Crippen molar-refractivity contribution in [1.82, 2.24) is 0 Å². The van der Waals surface area contributed by atoms with Crippen LogP contribution in [0.15, 0.2) is 48.5 Å². The summed E-state index contributed by atoms with van der Waals surface area (Å²) in [6.07, 6.45) is 0. The van der Waals surface area contributed by atoms with E-state index in [0.29, 0.717) is 5.88 Å². The molecule has 0 heterocycles. The molecule has 2 rings (SSSR count). The van der Waals surface area contributed by atoms with E-state index in [1.54, 1.807) is 0 Å². The van der Waals surface area contributed by atoms with Gasteiger partial charge >= 0.3 is 0 Å². The molecule has 0 aromatic heterocycles. The van der Waals surface area contributed by atoms with Crippen LogP contribution in [0.5, 0.6) is 0 Å². The van der Waals surface area contributed by atoms with Gasteiger partial charge in [-0.15, -0.1) is 11.6 Å². The number of hydrogen-bond acceptors (Lipinski definition) is 1. The first kappa shape index (κ1) is 13.0. The standard InChI is InChI=1S/C16H18ClN/c1-3-18(15-8-4-13(2)5-9-15)16-10-6-14(12-17)7-11-16/h4-11H,3,12H2,1-2H3. The SMILES string of the molecule is CCN(c1ccc(C)cc1)c1ccc(CCl)cc1. The molecule has 0 amide bonds. The molecule has 94 valence electrons. The third-order valence-corrected chi connectivity index (χ3v) is 3.37. The third kappa shape index (κ3) is 2.85. The molecule has 0 N–H and O–H groups in total. The minimum atomic E-state index is 0.566. The third-order valence-electron chi connectivity index (χ3n) is 3.06. The fraction of sp³-hybridized carbons (Fsp3) is 0.250. The first-order valence-electron chi connectivity index (χ1n) is 6.23. The molecule has 0 unspecified atom stereocenters. The average Bonchev–Trinajstić information content (AvgIpc) is 2.42. The van der Waals surface area contributed by atoms with Gasteiger partial charge in [0.1, 0.15) is 0 Å². The lowest BCUT2D eigenvalue weighted by Gasteiger charge is -2.23. The lowest BCUT2D eigenvalue weighted by molar-refractivity contribution is 1.02. The Bertz CT molecular complexity index is 488. The summed E-state index contributed by atoms with van der Waals surface area (Å²) >= 11 is 5.81. The van der Waals surface area contributed by atoms with Crippen LogP contribution in [0.3, 0.4) is 0 Å². The predicted molar refractivity (Wildman–Crippen MR) is 79.9 cm³/mol. The molecule has 2 aromatic carbocycles. The number of aryl methyl sites for hydroxylation is 1. The summed E-state index contributed by atoms with van der Waals surface area (Å²) in [6, 6.07) is 17.0. The fourth-order valence-corrected chi connectivity index (χ4v) is 2.18. The molecule has 0 saturated heterocycles. The van der Waals surface area contributed by atoms with Crippen molar-refractivity contribution in [2.75, 3.05) is 11.4 Å². The minimum absolute atomic E-state index is 0.566. The van der Waals surface area contributed by atoms with E-state index in [4.69, 9.17) is 11.6 Å². The van der Waals surface area contributed by atoms with E-state index < -0.39 is 0 Å². The summed E-state index contributed by atoms with van der Waals surface area (Å²) in [5.41, 5.74) is 4.87. The second-order valence-electron chi connectivity index (χ2n) is 4.38. The fourth-order valence-electron chi connectivity index (χ4n) is 2.00. The monoisotopic (exact) mass is 259 g/mol. The number of rotatable bonds is 4. The molecule has 2 heteroatoms. The summed E-state index contributed by atoms with van der Waals surface area (Å²) in [4.78, 5) is 2.29. The maximum absolute atomic E-state index is 5.81. The Morgan fingerprint density at radius 3 is 1.83 bits per heavy atom. The minimum Gasteiger partial charge on any atom is -0.342 e. The smallest absolute Gasteiger partial charge is 0.0474 e. The summed E-state index contributed by atoms with van der Waals surface area (Å²) in [7, 11) is 0. The van der Waals surface area contributed by atoms with Crippen molar-refractivity contribution < 1.29 is 0 Å². The van der Waals surface area contributed by atoms with Crippen LogP contribution in [0.4, 0.5) is 11.4 Å². The van der Waals surface area contributed by atoms with Gasteiger partial charge in [0.25, 0.3) is 0 Å². The van der Waals surface area contributed by atoms with Gasteiger partial charge in [-0.3, -0.25) is 0 Å². The second-order valence-corrected chi connectivity index (χ2v) is 4.65. The largest absolute Gasteiger partial charge is 0.342 e. The van der Waals surface area contributed by atoms with E-state index in [-0.39, 0.29) is 0 Å². The zero-order valence-corrected chi connectivity index (χ0v) is 11.6. The summed E-state index contributed by atoms with van der Waals surface area (Å²) in [6.45, 7) is 5.22. The molecule has 18 heavy (non-hydrogen) atoms. The van der Waals surface area contributed by atoms with Crippen LogP contribution in [-0.2, 0) is 5.88 Å². The van der Waals surface area contributed by atoms with Gasteiger partial charge in [0, 0.05) is 23.8 Å². The van der Waals surface area contributed by atoms with E-state index in [2.05, 4.69) is 67.3 Å². The van der Waals surface area contributed by atoms with E-state index in [0.717, 1.165) is 12.1 Å². The molecular formula is C16H18ClN. The van der Waals surface area contributed by atoms with Gasteiger partial charge in [-0.25, -0.2) is 0 Å². The van der Waals surface area contributed by atoms with Crippen molar-refractivity contribution in [2.24, 2.45) is 0 Å². The van der Waals surface area contributed by atoms with Gasteiger partial charge in [0.2, 0.25) is 0 Å². The number of alkyl halides is 1. The Morgan fingerprint density at radius 1 is 0.889 bits per heavy atom. The molecular weight excluding hydrogens is 242 g/mol. The van der Waals surface area contributed by atoms with Crippen molar-refractivity contribution in [2.45, 2.75) is 19.7 Å². The highest BCUT2D eigenvalue weighted by Gasteiger charge is 2.06. The molecule has 0 aliphatic rings. The zero-order chi connectivity index (χ0) is 13.0. The molecule has 0 spiro atoms. The number of halogens is 1. The average molecular weight is 260 g/mol. The molecule has 0 bridgehead atoms. The summed E-state index contributed by atoms with van der Waals surface area (Å²) in [5, 5.41) is 0. The van der Waals surface area contributed by atoms with Gasteiger partial charge in [-0.05, 0) is 43.7 Å². The summed E-state index contributed by atoms with van der Waals surface area (Å²) < 4.78 is 0. The van der Waals surface area contributed by atoms with Crippen LogP contribution >= 0.6 is 11.6 Å². The number of hydrogen-bond donors (Lipinski definition) is 0. The Labute approximate surface area is 114 Å². The van der Waals surface area contributed by atoms with Gasteiger partial charge in [-0.1, -0.05) is 29.8 Å². The Kier molecular flexibility index (Phi) is 4.27. The van der Waals surface area contributed by atoms with Crippen molar-refractivity contribution >= 4 is 23.0 Å². The molecule has 0 saturated carbocycles.